The lowest BCUT2D eigenvalue weighted by Gasteiger charge is -2.08. The molecule has 0 unspecified atom stereocenters. The number of rotatable bonds is 7. The van der Waals surface area contributed by atoms with Crippen molar-refractivity contribution in [2.24, 2.45) is 5.73 Å². The molecule has 0 aliphatic heterocycles. The number of nitrogens with two attached hydrogens (primary N) is 1. The first-order chi connectivity index (χ1) is 14.8. The molecule has 160 valence electrons. The summed E-state index contributed by atoms with van der Waals surface area (Å²) in [6.07, 6.45) is 0. The maximum atomic E-state index is 12.5. The second-order valence-corrected chi connectivity index (χ2v) is 7.33. The van der Waals surface area contributed by atoms with Crippen molar-refractivity contribution >= 4 is 46.7 Å². The van der Waals surface area contributed by atoms with Gasteiger partial charge < -0.3 is 15.8 Å². The Bertz CT molecular complexity index is 1140. The van der Waals surface area contributed by atoms with Crippen LogP contribution in [0.2, 0.25) is 10.2 Å². The Hall–Kier alpha value is -3.36. The third-order valence-corrected chi connectivity index (χ3v) is 5.09. The van der Waals surface area contributed by atoms with E-state index in [-0.39, 0.29) is 17.3 Å². The predicted molar refractivity (Wildman–Crippen MR) is 116 cm³/mol. The molecule has 0 aliphatic carbocycles. The zero-order valence-corrected chi connectivity index (χ0v) is 17.9. The molecule has 8 nitrogen and oxygen atoms in total. The van der Waals surface area contributed by atoms with Gasteiger partial charge in [0.05, 0.1) is 12.2 Å². The molecular weight excluding hydrogens is 443 g/mol. The molecule has 1 heterocycles. The predicted octanol–water partition coefficient (Wildman–Crippen LogP) is 3.44. The van der Waals surface area contributed by atoms with Crippen LogP contribution in [0.5, 0.6) is 0 Å². The maximum absolute atomic E-state index is 12.5. The number of amides is 2. The van der Waals surface area contributed by atoms with Crippen LogP contribution >= 0.6 is 23.2 Å². The van der Waals surface area contributed by atoms with Gasteiger partial charge in [-0.05, 0) is 42.8 Å². The van der Waals surface area contributed by atoms with Crippen LogP contribution in [0, 0.1) is 6.92 Å². The minimum atomic E-state index is -0.771. The minimum Gasteiger partial charge on any atom is -0.452 e. The molecule has 2 amide bonds. The molecule has 3 rings (SSSR count). The van der Waals surface area contributed by atoms with Crippen LogP contribution < -0.4 is 11.1 Å². The first kappa shape index (κ1) is 22.3. The number of aromatic nitrogens is 2. The number of carbonyl (C=O) groups excluding carboxylic acids is 3. The number of anilines is 1. The average Bonchev–Trinajstić information content (AvgIpc) is 3.01. The van der Waals surface area contributed by atoms with Gasteiger partial charge in [-0.25, -0.2) is 9.48 Å². The Morgan fingerprint density at radius 1 is 1.10 bits per heavy atom. The summed E-state index contributed by atoms with van der Waals surface area (Å²) in [5, 5.41) is 7.46. The van der Waals surface area contributed by atoms with Crippen molar-refractivity contribution in [2.75, 3.05) is 11.9 Å². The van der Waals surface area contributed by atoms with Crippen LogP contribution in [-0.2, 0) is 16.1 Å². The highest BCUT2D eigenvalue weighted by Gasteiger charge is 2.23. The lowest BCUT2D eigenvalue weighted by atomic mass is 10.2. The summed E-state index contributed by atoms with van der Waals surface area (Å²) in [7, 11) is 0. The van der Waals surface area contributed by atoms with Crippen molar-refractivity contribution < 1.29 is 19.1 Å². The third kappa shape index (κ3) is 5.42. The number of hydrogen-bond acceptors (Lipinski definition) is 5. The van der Waals surface area contributed by atoms with E-state index in [2.05, 4.69) is 10.4 Å². The fourth-order valence-electron chi connectivity index (χ4n) is 2.80. The molecule has 10 heteroatoms. The molecule has 2 aromatic carbocycles. The van der Waals surface area contributed by atoms with E-state index < -0.39 is 24.4 Å². The summed E-state index contributed by atoms with van der Waals surface area (Å²) in [5.41, 5.74) is 7.13. The molecular formula is C21H18Cl2N4O4. The zero-order valence-electron chi connectivity index (χ0n) is 16.4. The summed E-state index contributed by atoms with van der Waals surface area (Å²) >= 11 is 12.5. The number of ether oxygens (including phenoxy) is 1. The van der Waals surface area contributed by atoms with Crippen molar-refractivity contribution in [3.05, 3.63) is 81.1 Å². The standard InChI is InChI=1S/C21H18Cl2N4O4/c1-12-18(19(23)27(26-12)10-14-4-2-3-5-16(14)22)21(30)31-11-17(28)25-15-8-6-13(7-9-15)20(24)29/h2-9H,10-11H2,1H3,(H2,24,29)(H,25,28). The van der Waals surface area contributed by atoms with Gasteiger partial charge in [0.25, 0.3) is 5.91 Å². The quantitative estimate of drug-likeness (QED) is 0.523. The second-order valence-electron chi connectivity index (χ2n) is 6.57. The lowest BCUT2D eigenvalue weighted by Crippen LogP contribution is -2.21. The summed E-state index contributed by atoms with van der Waals surface area (Å²) in [5.74, 6) is -1.90. The number of carbonyl (C=O) groups is 3. The monoisotopic (exact) mass is 460 g/mol. The molecule has 0 atom stereocenters. The van der Waals surface area contributed by atoms with E-state index in [0.29, 0.717) is 22.0 Å². The summed E-state index contributed by atoms with van der Waals surface area (Å²) in [6, 6.07) is 13.2. The fraction of sp³-hybridized carbons (Fsp3) is 0.143. The van der Waals surface area contributed by atoms with E-state index in [1.165, 1.54) is 28.9 Å². The first-order valence-corrected chi connectivity index (χ1v) is 9.85. The number of hydrogen-bond donors (Lipinski definition) is 2. The molecule has 0 saturated heterocycles. The smallest absolute Gasteiger partial charge is 0.343 e. The maximum Gasteiger partial charge on any atom is 0.343 e. The van der Waals surface area contributed by atoms with Gasteiger partial charge in [-0.15, -0.1) is 0 Å². The number of primary amides is 1. The minimum absolute atomic E-state index is 0.0762. The van der Waals surface area contributed by atoms with Crippen LogP contribution in [0.3, 0.4) is 0 Å². The number of nitrogens with zero attached hydrogens (tertiary/aromatic N) is 2. The normalized spacial score (nSPS) is 10.5. The Balaban J connectivity index is 1.62. The van der Waals surface area contributed by atoms with Gasteiger partial charge >= 0.3 is 5.97 Å². The molecule has 0 aliphatic rings. The van der Waals surface area contributed by atoms with Crippen molar-refractivity contribution in [3.8, 4) is 0 Å². The molecule has 3 N–H and O–H groups in total. The van der Waals surface area contributed by atoms with Gasteiger partial charge in [0.2, 0.25) is 5.91 Å². The number of nitrogens with one attached hydrogen (secondary N) is 1. The van der Waals surface area contributed by atoms with E-state index in [0.717, 1.165) is 5.56 Å². The lowest BCUT2D eigenvalue weighted by molar-refractivity contribution is -0.119. The van der Waals surface area contributed by atoms with Gasteiger partial charge in [0.1, 0.15) is 10.7 Å². The summed E-state index contributed by atoms with van der Waals surface area (Å²) in [6.45, 7) is 1.36. The van der Waals surface area contributed by atoms with Crippen molar-refractivity contribution in [3.63, 3.8) is 0 Å². The Morgan fingerprint density at radius 2 is 1.77 bits per heavy atom. The van der Waals surface area contributed by atoms with Crippen molar-refractivity contribution in [2.45, 2.75) is 13.5 Å². The SMILES string of the molecule is Cc1nn(Cc2ccccc2Cl)c(Cl)c1C(=O)OCC(=O)Nc1ccc(C(N)=O)cc1. The number of aryl methyl sites for hydroxylation is 1. The highest BCUT2D eigenvalue weighted by Crippen LogP contribution is 2.24. The summed E-state index contributed by atoms with van der Waals surface area (Å²) in [4.78, 5) is 35.6. The van der Waals surface area contributed by atoms with Crippen LogP contribution in [0.4, 0.5) is 5.69 Å². The van der Waals surface area contributed by atoms with Gasteiger partial charge in [-0.1, -0.05) is 41.4 Å². The zero-order chi connectivity index (χ0) is 22.5. The van der Waals surface area contributed by atoms with Crippen LogP contribution in [-0.4, -0.2) is 34.2 Å². The number of benzene rings is 2. The van der Waals surface area contributed by atoms with Crippen LogP contribution in [0.15, 0.2) is 48.5 Å². The largest absolute Gasteiger partial charge is 0.452 e. The van der Waals surface area contributed by atoms with Gasteiger partial charge in [0.15, 0.2) is 6.61 Å². The third-order valence-electron chi connectivity index (χ3n) is 4.34. The molecule has 0 fully saturated rings. The van der Waals surface area contributed by atoms with Crippen LogP contribution in [0.25, 0.3) is 0 Å². The highest BCUT2D eigenvalue weighted by atomic mass is 35.5. The van der Waals surface area contributed by atoms with E-state index in [1.54, 1.807) is 13.0 Å². The average molecular weight is 461 g/mol. The molecule has 3 aromatic rings. The van der Waals surface area contributed by atoms with E-state index in [1.807, 2.05) is 18.2 Å². The van der Waals surface area contributed by atoms with Gasteiger partial charge in [-0.2, -0.15) is 5.10 Å². The van der Waals surface area contributed by atoms with Gasteiger partial charge in [0, 0.05) is 16.3 Å². The van der Waals surface area contributed by atoms with Gasteiger partial charge in [-0.3, -0.25) is 9.59 Å². The molecule has 0 bridgehead atoms. The van der Waals surface area contributed by atoms with E-state index in [4.69, 9.17) is 33.7 Å². The molecule has 0 saturated carbocycles. The summed E-state index contributed by atoms with van der Waals surface area (Å²) < 4.78 is 6.52. The van der Waals surface area contributed by atoms with Crippen molar-refractivity contribution in [1.82, 2.24) is 9.78 Å². The Kier molecular flexibility index (Phi) is 6.94. The van der Waals surface area contributed by atoms with E-state index >= 15 is 0 Å². The Labute approximate surface area is 187 Å². The number of esters is 1. The topological polar surface area (TPSA) is 116 Å². The van der Waals surface area contributed by atoms with Crippen LogP contribution in [0.1, 0.15) is 32.0 Å². The van der Waals surface area contributed by atoms with Crippen molar-refractivity contribution in [1.29, 1.82) is 0 Å². The fourth-order valence-corrected chi connectivity index (χ4v) is 3.30. The molecule has 0 radical (unpaired) electrons. The van der Waals surface area contributed by atoms with E-state index in [9.17, 15) is 14.4 Å². The number of halogens is 2. The second kappa shape index (κ2) is 9.63. The Morgan fingerprint density at radius 3 is 2.42 bits per heavy atom. The first-order valence-electron chi connectivity index (χ1n) is 9.09. The molecule has 0 spiro atoms. The molecule has 31 heavy (non-hydrogen) atoms. The molecule has 1 aromatic heterocycles. The highest BCUT2D eigenvalue weighted by molar-refractivity contribution is 6.33.